The first-order valence-corrected chi connectivity index (χ1v) is 26.7. The summed E-state index contributed by atoms with van der Waals surface area (Å²) in [5.74, 6) is -4.29. The number of primary amides is 2. The maximum Gasteiger partial charge on any atom is 0.306 e. The topological polar surface area (TPSA) is 208 Å². The number of piperidine rings is 4. The highest BCUT2D eigenvalue weighted by atomic mass is 35.5. The van der Waals surface area contributed by atoms with Crippen LogP contribution in [0.1, 0.15) is 62.5 Å². The van der Waals surface area contributed by atoms with Crippen molar-refractivity contribution < 1.29 is 39.0 Å². The number of aliphatic carboxylic acids is 2. The average Bonchev–Trinajstić information content (AvgIpc) is 3.40. The molecule has 8 rings (SSSR count). The van der Waals surface area contributed by atoms with Gasteiger partial charge < -0.3 is 41.3 Å². The Bertz CT molecular complexity index is 2680. The Balaban J connectivity index is 1.18. The number of amides is 4. The highest BCUT2D eigenvalue weighted by Crippen LogP contribution is 2.49. The Kier molecular flexibility index (Phi) is 17.4. The number of nitrogens with zero attached hydrogens (tertiary/aromatic N) is 4. The summed E-state index contributed by atoms with van der Waals surface area (Å²) < 4.78 is 0. The van der Waals surface area contributed by atoms with Crippen LogP contribution in [0, 0.1) is 23.7 Å². The second-order valence-electron chi connectivity index (χ2n) is 19.0. The summed E-state index contributed by atoms with van der Waals surface area (Å²) >= 11 is 30.2. The van der Waals surface area contributed by atoms with Crippen LogP contribution < -0.4 is 21.3 Å². The largest absolute Gasteiger partial charge is 0.481 e. The van der Waals surface area contributed by atoms with Crippen LogP contribution in [-0.4, -0.2) is 108 Å². The van der Waals surface area contributed by atoms with Gasteiger partial charge in [-0.1, -0.05) is 82.4 Å². The molecule has 384 valence electrons. The van der Waals surface area contributed by atoms with Crippen LogP contribution in [0.3, 0.4) is 0 Å². The molecule has 0 aromatic heterocycles. The van der Waals surface area contributed by atoms with Gasteiger partial charge in [0.15, 0.2) is 0 Å². The maximum atomic E-state index is 13.6. The van der Waals surface area contributed by atoms with E-state index in [9.17, 15) is 39.0 Å². The van der Waals surface area contributed by atoms with E-state index in [1.54, 1.807) is 22.0 Å². The van der Waals surface area contributed by atoms with E-state index >= 15 is 0 Å². The smallest absolute Gasteiger partial charge is 0.306 e. The number of hydrogen-bond donors (Lipinski definition) is 4. The zero-order valence-electron chi connectivity index (χ0n) is 39.9. The molecule has 4 saturated heterocycles. The van der Waals surface area contributed by atoms with Crippen molar-refractivity contribution in [1.29, 1.82) is 0 Å². The minimum Gasteiger partial charge on any atom is -0.481 e. The van der Waals surface area contributed by atoms with Crippen LogP contribution in [0.5, 0.6) is 0 Å². The maximum absolute atomic E-state index is 13.6. The van der Waals surface area contributed by atoms with Crippen molar-refractivity contribution in [2.75, 3.05) is 62.2 Å². The normalized spacial score (nSPS) is 17.7. The fourth-order valence-corrected chi connectivity index (χ4v) is 12.3. The molecule has 0 radical (unpaired) electrons. The summed E-state index contributed by atoms with van der Waals surface area (Å²) in [4.78, 5) is 83.1. The first kappa shape index (κ1) is 53.6. The molecule has 0 saturated carbocycles. The molecule has 4 amide bonds. The van der Waals surface area contributed by atoms with Gasteiger partial charge in [-0.15, -0.1) is 0 Å². The van der Waals surface area contributed by atoms with E-state index in [-0.39, 0.29) is 55.6 Å². The molecule has 6 N–H and O–H groups in total. The van der Waals surface area contributed by atoms with Crippen LogP contribution in [-0.2, 0) is 28.8 Å². The Morgan fingerprint density at radius 1 is 0.493 bits per heavy atom. The van der Waals surface area contributed by atoms with Gasteiger partial charge in [0.05, 0.1) is 31.9 Å². The van der Waals surface area contributed by atoms with Crippen molar-refractivity contribution in [2.24, 2.45) is 35.1 Å². The molecule has 14 nitrogen and oxygen atoms in total. The van der Waals surface area contributed by atoms with Crippen LogP contribution in [0.25, 0.3) is 34.4 Å². The number of carbonyl (C=O) groups excluding carboxylic acids is 4. The lowest BCUT2D eigenvalue weighted by molar-refractivity contribution is -0.143. The van der Waals surface area contributed by atoms with E-state index in [0.29, 0.717) is 136 Å². The zero-order chi connectivity index (χ0) is 52.1. The van der Waals surface area contributed by atoms with Gasteiger partial charge in [-0.2, -0.15) is 0 Å². The summed E-state index contributed by atoms with van der Waals surface area (Å²) in [5, 5.41) is 20.0. The predicted molar refractivity (Wildman–Crippen MR) is 288 cm³/mol. The van der Waals surface area contributed by atoms with Crippen LogP contribution in [0.4, 0.5) is 11.4 Å². The summed E-state index contributed by atoms with van der Waals surface area (Å²) in [6.45, 7) is 3.71. The molecule has 4 aromatic carbocycles. The highest BCUT2D eigenvalue weighted by Gasteiger charge is 2.30. The lowest BCUT2D eigenvalue weighted by Crippen LogP contribution is -2.41. The number of carbonyl (C=O) groups is 6. The van der Waals surface area contributed by atoms with E-state index < -0.39 is 23.8 Å². The van der Waals surface area contributed by atoms with Gasteiger partial charge in [0.2, 0.25) is 23.6 Å². The summed E-state index contributed by atoms with van der Waals surface area (Å²) in [6, 6.07) is 19.4. The molecule has 19 heteroatoms. The molecule has 0 atom stereocenters. The van der Waals surface area contributed by atoms with Gasteiger partial charge in [0.1, 0.15) is 0 Å². The van der Waals surface area contributed by atoms with Crippen molar-refractivity contribution in [3.05, 3.63) is 104 Å². The molecule has 4 fully saturated rings. The predicted octanol–water partition coefficient (Wildman–Crippen LogP) is 9.86. The minimum atomic E-state index is -0.801. The second-order valence-corrected chi connectivity index (χ2v) is 21.6. The fraction of sp³-hybridized carbons (Fsp3) is 0.370. The van der Waals surface area contributed by atoms with Crippen molar-refractivity contribution in [1.82, 2.24) is 9.80 Å². The van der Waals surface area contributed by atoms with Gasteiger partial charge in [-0.3, -0.25) is 28.8 Å². The standard InChI is InChI=1S/C54H56Cl4N6O8S/c55-47-39(7-9-45(65)63-23-11-31(12-24-63)51(59)67)41(35-3-1-5-37(27-35)61-19-15-33(16-20-61)53(69)70)29-43(49(47)57)73-44-30-42(36-4-2-6-38(28-36)62-21-17-34(18-22-62)54(71)72)40(48(56)50(44)58)8-10-46(66)64-25-13-32(14-26-64)52(60)68/h1-10,27-34H,11-26H2,(H2,59,67)(H2,60,68)(H,69,70)(H,71,72)/b9-7+,10-8+. The summed E-state index contributed by atoms with van der Waals surface area (Å²) in [7, 11) is 0. The van der Waals surface area contributed by atoms with E-state index in [0.717, 1.165) is 22.5 Å². The molecule has 73 heavy (non-hydrogen) atoms. The third-order valence-corrected chi connectivity index (χ3v) is 17.6. The Hall–Kier alpha value is -5.71. The number of hydrogen-bond acceptors (Lipinski definition) is 9. The molecule has 0 aliphatic carbocycles. The molecule has 4 heterocycles. The van der Waals surface area contributed by atoms with Gasteiger partial charge >= 0.3 is 11.9 Å². The Morgan fingerprint density at radius 2 is 0.836 bits per heavy atom. The van der Waals surface area contributed by atoms with Crippen LogP contribution in [0.2, 0.25) is 20.1 Å². The lowest BCUT2D eigenvalue weighted by atomic mass is 9.95. The van der Waals surface area contributed by atoms with Crippen molar-refractivity contribution >= 4 is 117 Å². The van der Waals surface area contributed by atoms with Crippen molar-refractivity contribution in [2.45, 2.75) is 61.2 Å². The number of likely N-dealkylation sites (tertiary alicyclic amines) is 2. The molecule has 0 bridgehead atoms. The highest BCUT2D eigenvalue weighted by molar-refractivity contribution is 7.99. The molecule has 4 aliphatic heterocycles. The molecule has 0 unspecified atom stereocenters. The minimum absolute atomic E-state index is 0.172. The number of benzene rings is 4. The SMILES string of the molecule is NC(=O)C1CCN(C(=O)/C=C/c2c(-c3cccc(N4CCC(C(=O)O)CC4)c3)cc(Sc3cc(-c4cccc(N5CCC(C(=O)O)CC5)c4)c(/C=C/C(=O)N4CCC(C(N)=O)CC4)c(Cl)c3Cl)c(Cl)c2Cl)CC1. The third-order valence-electron chi connectivity index (χ3n) is 14.6. The summed E-state index contributed by atoms with van der Waals surface area (Å²) in [5.41, 5.74) is 16.6. The zero-order valence-corrected chi connectivity index (χ0v) is 43.8. The number of rotatable bonds is 14. The second kappa shape index (κ2) is 23.7. The van der Waals surface area contributed by atoms with Crippen molar-refractivity contribution in [3.8, 4) is 22.3 Å². The van der Waals surface area contributed by atoms with Gasteiger partial charge in [-0.25, -0.2) is 0 Å². The summed E-state index contributed by atoms with van der Waals surface area (Å²) in [6.07, 6.45) is 10.1. The first-order valence-electron chi connectivity index (χ1n) is 24.4. The van der Waals surface area contributed by atoms with Gasteiger partial charge in [-0.05, 0) is 122 Å². The number of anilines is 2. The van der Waals surface area contributed by atoms with E-state index in [1.165, 1.54) is 23.9 Å². The van der Waals surface area contributed by atoms with Crippen LogP contribution >= 0.6 is 58.2 Å². The van der Waals surface area contributed by atoms with Gasteiger partial charge in [0.25, 0.3) is 0 Å². The number of carboxylic acid groups (broad SMARTS) is 2. The quantitative estimate of drug-likeness (QED) is 0.0874. The number of halogens is 4. The van der Waals surface area contributed by atoms with Crippen molar-refractivity contribution in [3.63, 3.8) is 0 Å². The van der Waals surface area contributed by atoms with Gasteiger partial charge in [0, 0.05) is 109 Å². The average molecular weight is 1090 g/mol. The number of carboxylic acids is 2. The Morgan fingerprint density at radius 3 is 1.16 bits per heavy atom. The van der Waals surface area contributed by atoms with E-state index in [2.05, 4.69) is 9.80 Å². The van der Waals surface area contributed by atoms with E-state index in [1.807, 2.05) is 60.7 Å². The monoisotopic (exact) mass is 1090 g/mol. The third kappa shape index (κ3) is 12.5. The van der Waals surface area contributed by atoms with Crippen LogP contribution in [0.15, 0.2) is 82.6 Å². The molecular weight excluding hydrogens is 1030 g/mol. The molecule has 0 spiro atoms. The Labute approximate surface area is 448 Å². The molecular formula is C54H56Cl4N6O8S. The first-order chi connectivity index (χ1) is 35.0. The number of nitrogens with two attached hydrogens (primary N) is 2. The molecule has 4 aliphatic rings. The lowest BCUT2D eigenvalue weighted by Gasteiger charge is -2.32. The van der Waals surface area contributed by atoms with E-state index in [4.69, 9.17) is 57.9 Å². The molecule has 4 aromatic rings. The fourth-order valence-electron chi connectivity index (χ4n) is 10.1.